The number of hydrogen-bond acceptors (Lipinski definition) is 5. The highest BCUT2D eigenvalue weighted by Gasteiger charge is 2.19. The van der Waals surface area contributed by atoms with E-state index in [0.29, 0.717) is 19.5 Å². The van der Waals surface area contributed by atoms with E-state index in [4.69, 9.17) is 10.9 Å². The lowest BCUT2D eigenvalue weighted by Crippen LogP contribution is -2.45. The number of amides is 1. The molecule has 0 radical (unpaired) electrons. The number of nitrogens with zero attached hydrogens (tertiary/aromatic N) is 1. The Balaban J connectivity index is 2.03. The number of halogens is 1. The van der Waals surface area contributed by atoms with Gasteiger partial charge in [-0.2, -0.15) is 5.48 Å². The summed E-state index contributed by atoms with van der Waals surface area (Å²) in [6.45, 7) is 4.01. The van der Waals surface area contributed by atoms with Crippen molar-refractivity contribution in [1.29, 1.82) is 0 Å². The van der Waals surface area contributed by atoms with Crippen molar-refractivity contribution < 1.29 is 14.4 Å². The lowest BCUT2D eigenvalue weighted by atomic mass is 9.97. The summed E-state index contributed by atoms with van der Waals surface area (Å²) in [4.78, 5) is 13.7. The number of benzene rings is 1. The second kappa shape index (κ2) is 8.24. The Kier molecular flexibility index (Phi) is 6.32. The number of hydroxylamine groups is 1. The largest absolute Gasteiger partial charge is 0.396 e. The zero-order valence-electron chi connectivity index (χ0n) is 13.4. The molecule has 0 unspecified atom stereocenters. The molecule has 23 heavy (non-hydrogen) atoms. The summed E-state index contributed by atoms with van der Waals surface area (Å²) in [6.07, 6.45) is 2.61. The number of hydrogen-bond donors (Lipinski definition) is 4. The molecule has 128 valence electrons. The minimum atomic E-state index is -0.292. The molecule has 0 spiro atoms. The molecule has 0 fully saturated rings. The van der Waals surface area contributed by atoms with Gasteiger partial charge in [-0.25, -0.2) is 4.39 Å². The van der Waals surface area contributed by atoms with Crippen LogP contribution in [0.25, 0.3) is 0 Å². The predicted molar refractivity (Wildman–Crippen MR) is 86.4 cm³/mol. The van der Waals surface area contributed by atoms with Crippen molar-refractivity contribution in [3.05, 3.63) is 29.1 Å². The van der Waals surface area contributed by atoms with Crippen LogP contribution in [0.4, 0.5) is 10.1 Å². The Hall–Kier alpha value is -1.70. The molecule has 1 heterocycles. The van der Waals surface area contributed by atoms with Gasteiger partial charge >= 0.3 is 0 Å². The number of carbonyl (C=O) groups excluding carboxylic acids is 1. The molecule has 5 N–H and O–H groups in total. The van der Waals surface area contributed by atoms with Gasteiger partial charge in [0, 0.05) is 19.1 Å². The number of fused-ring (bicyclic) bond motifs is 1. The van der Waals surface area contributed by atoms with E-state index in [1.54, 1.807) is 6.07 Å². The Morgan fingerprint density at radius 3 is 3.00 bits per heavy atom. The van der Waals surface area contributed by atoms with Crippen LogP contribution in [0.15, 0.2) is 12.1 Å². The second-order valence-corrected chi connectivity index (χ2v) is 6.10. The summed E-state index contributed by atoms with van der Waals surface area (Å²) in [5.74, 6) is -0.550. The van der Waals surface area contributed by atoms with Gasteiger partial charge in [-0.15, -0.1) is 0 Å². The van der Waals surface area contributed by atoms with Gasteiger partial charge in [0.05, 0.1) is 12.2 Å². The second-order valence-electron chi connectivity index (χ2n) is 6.10. The number of nitrogens with one attached hydrogen (secondary N) is 2. The first-order valence-corrected chi connectivity index (χ1v) is 7.95. The third-order valence-electron chi connectivity index (χ3n) is 4.09. The molecular formula is C16H25FN4O2. The van der Waals surface area contributed by atoms with Gasteiger partial charge < -0.3 is 16.3 Å². The average molecular weight is 324 g/mol. The van der Waals surface area contributed by atoms with Gasteiger partial charge in [-0.05, 0) is 49.9 Å². The average Bonchev–Trinajstić information content (AvgIpc) is 2.46. The highest BCUT2D eigenvalue weighted by Crippen LogP contribution is 2.25. The van der Waals surface area contributed by atoms with Gasteiger partial charge in [0.15, 0.2) is 0 Å². The molecule has 7 heteroatoms. The monoisotopic (exact) mass is 324 g/mol. The molecule has 1 aliphatic heterocycles. The van der Waals surface area contributed by atoms with Crippen molar-refractivity contribution in [2.24, 2.45) is 0 Å². The number of anilines is 1. The molecule has 1 aromatic carbocycles. The fraction of sp³-hybridized carbons (Fsp3) is 0.562. The summed E-state index contributed by atoms with van der Waals surface area (Å²) in [5, 5.41) is 11.3. The van der Waals surface area contributed by atoms with E-state index in [9.17, 15) is 9.18 Å². The van der Waals surface area contributed by atoms with Crippen LogP contribution in [-0.2, 0) is 17.8 Å². The summed E-state index contributed by atoms with van der Waals surface area (Å²) < 4.78 is 14.2. The molecule has 1 atom stereocenters. The lowest BCUT2D eigenvalue weighted by Gasteiger charge is -2.29. The van der Waals surface area contributed by atoms with Crippen LogP contribution in [-0.4, -0.2) is 41.7 Å². The van der Waals surface area contributed by atoms with Gasteiger partial charge in [0.1, 0.15) is 5.82 Å². The summed E-state index contributed by atoms with van der Waals surface area (Å²) >= 11 is 0. The van der Waals surface area contributed by atoms with Crippen LogP contribution in [0.2, 0.25) is 0 Å². The first-order valence-electron chi connectivity index (χ1n) is 7.95. The highest BCUT2D eigenvalue weighted by molar-refractivity contribution is 5.78. The number of nitrogens with two attached hydrogens (primary N) is 1. The SMILES string of the molecule is C[C@@H](CN1CCCCc2c(ccc(N)c2F)C1)NC(=O)CNO. The van der Waals surface area contributed by atoms with Gasteiger partial charge in [0.2, 0.25) is 5.91 Å². The molecule has 0 saturated carbocycles. The lowest BCUT2D eigenvalue weighted by molar-refractivity contribution is -0.122. The van der Waals surface area contributed by atoms with Gasteiger partial charge in [0.25, 0.3) is 0 Å². The number of rotatable bonds is 5. The Labute approximate surface area is 135 Å². The minimum Gasteiger partial charge on any atom is -0.396 e. The van der Waals surface area contributed by atoms with E-state index in [-0.39, 0.29) is 30.0 Å². The fourth-order valence-corrected chi connectivity index (χ4v) is 3.04. The maximum atomic E-state index is 14.2. The summed E-state index contributed by atoms with van der Waals surface area (Å²) in [6, 6.07) is 3.45. The van der Waals surface area contributed by atoms with E-state index < -0.39 is 0 Å². The molecule has 0 aromatic heterocycles. The van der Waals surface area contributed by atoms with Crippen molar-refractivity contribution in [3.8, 4) is 0 Å². The molecule has 6 nitrogen and oxygen atoms in total. The zero-order chi connectivity index (χ0) is 16.8. The molecule has 0 saturated heterocycles. The summed E-state index contributed by atoms with van der Waals surface area (Å²) in [5.41, 5.74) is 9.40. The van der Waals surface area contributed by atoms with Crippen LogP contribution in [0.3, 0.4) is 0 Å². The van der Waals surface area contributed by atoms with E-state index in [1.165, 1.54) is 0 Å². The van der Waals surface area contributed by atoms with Crippen LogP contribution in [0.1, 0.15) is 30.9 Å². The van der Waals surface area contributed by atoms with Crippen molar-refractivity contribution in [3.63, 3.8) is 0 Å². The predicted octanol–water partition coefficient (Wildman–Crippen LogP) is 1.03. The van der Waals surface area contributed by atoms with Gasteiger partial charge in [-0.3, -0.25) is 9.69 Å². The third-order valence-corrected chi connectivity index (χ3v) is 4.09. The normalized spacial score (nSPS) is 17.0. The van der Waals surface area contributed by atoms with E-state index in [1.807, 2.05) is 18.5 Å². The van der Waals surface area contributed by atoms with Crippen LogP contribution in [0.5, 0.6) is 0 Å². The van der Waals surface area contributed by atoms with Crippen molar-refractivity contribution in [2.45, 2.75) is 38.8 Å². The Bertz CT molecular complexity index is 553. The molecule has 1 aromatic rings. The first-order chi connectivity index (χ1) is 11.0. The molecular weight excluding hydrogens is 299 g/mol. The number of carbonyl (C=O) groups is 1. The maximum absolute atomic E-state index is 14.2. The van der Waals surface area contributed by atoms with Crippen molar-refractivity contribution in [1.82, 2.24) is 15.7 Å². The molecule has 0 aliphatic carbocycles. The van der Waals surface area contributed by atoms with Crippen molar-refractivity contribution in [2.75, 3.05) is 25.4 Å². The highest BCUT2D eigenvalue weighted by atomic mass is 19.1. The molecule has 0 bridgehead atoms. The molecule has 1 aliphatic rings. The fourth-order valence-electron chi connectivity index (χ4n) is 3.04. The first kappa shape index (κ1) is 17.7. The minimum absolute atomic E-state index is 0.0580. The maximum Gasteiger partial charge on any atom is 0.236 e. The van der Waals surface area contributed by atoms with Crippen LogP contribution in [0, 0.1) is 5.82 Å². The van der Waals surface area contributed by atoms with E-state index in [2.05, 4.69) is 10.2 Å². The Morgan fingerprint density at radius 1 is 1.48 bits per heavy atom. The van der Waals surface area contributed by atoms with E-state index in [0.717, 1.165) is 30.5 Å². The summed E-state index contributed by atoms with van der Waals surface area (Å²) in [7, 11) is 0. The number of nitrogen functional groups attached to an aromatic ring is 1. The van der Waals surface area contributed by atoms with Gasteiger partial charge in [-0.1, -0.05) is 6.07 Å². The molecule has 2 rings (SSSR count). The van der Waals surface area contributed by atoms with Crippen molar-refractivity contribution >= 4 is 11.6 Å². The third kappa shape index (κ3) is 4.89. The Morgan fingerprint density at radius 2 is 2.26 bits per heavy atom. The zero-order valence-corrected chi connectivity index (χ0v) is 13.4. The van der Waals surface area contributed by atoms with Crippen LogP contribution >= 0.6 is 0 Å². The van der Waals surface area contributed by atoms with E-state index >= 15 is 0 Å². The van der Waals surface area contributed by atoms with Crippen LogP contribution < -0.4 is 16.5 Å². The topological polar surface area (TPSA) is 90.6 Å². The smallest absolute Gasteiger partial charge is 0.236 e. The quantitative estimate of drug-likeness (QED) is 0.480. The standard InChI is InChI=1S/C16H25FN4O2/c1-11(20-15(22)8-19-23)9-21-7-3-2-4-13-12(10-21)5-6-14(18)16(13)17/h5-6,11,19,23H,2-4,7-10,18H2,1H3,(H,20,22)/t11-/m0/s1. The molecule has 1 amide bonds.